The molecule has 0 atom stereocenters. The molecule has 6 heteroatoms. The summed E-state index contributed by atoms with van der Waals surface area (Å²) in [6.07, 6.45) is 0. The molecule has 110 valence electrons. The van der Waals surface area contributed by atoms with Gasteiger partial charge in [0.05, 0.1) is 23.0 Å². The summed E-state index contributed by atoms with van der Waals surface area (Å²) in [5, 5.41) is 3.20. The summed E-state index contributed by atoms with van der Waals surface area (Å²) >= 11 is 9.38. The largest absolute Gasteiger partial charge is 0.492 e. The van der Waals surface area contributed by atoms with E-state index in [4.69, 9.17) is 22.1 Å². The average Bonchev–Trinajstić information content (AvgIpc) is 2.44. The summed E-state index contributed by atoms with van der Waals surface area (Å²) in [6, 6.07) is 10.1. The highest BCUT2D eigenvalue weighted by molar-refractivity contribution is 9.10. The number of nitrogen functional groups attached to an aromatic ring is 1. The first-order valence-electron chi connectivity index (χ1n) is 6.30. The number of anilines is 2. The van der Waals surface area contributed by atoms with Crippen LogP contribution in [0, 0.1) is 0 Å². The third kappa shape index (κ3) is 3.89. The fraction of sp³-hybridized carbons (Fsp3) is 0.133. The van der Waals surface area contributed by atoms with E-state index in [1.165, 1.54) is 0 Å². The number of nitrogens with two attached hydrogens (primary N) is 1. The molecule has 0 saturated carbocycles. The molecular weight excluding hydrogens is 356 g/mol. The minimum absolute atomic E-state index is 0.283. The molecule has 0 aliphatic carbocycles. The number of benzene rings is 2. The second-order valence-electron chi connectivity index (χ2n) is 4.26. The van der Waals surface area contributed by atoms with Crippen LogP contribution in [0.5, 0.6) is 5.75 Å². The van der Waals surface area contributed by atoms with E-state index in [9.17, 15) is 4.79 Å². The second kappa shape index (κ2) is 6.83. The minimum atomic E-state index is -0.283. The summed E-state index contributed by atoms with van der Waals surface area (Å²) < 4.78 is 6.18. The van der Waals surface area contributed by atoms with Crippen LogP contribution in [0.4, 0.5) is 11.4 Å². The molecule has 2 aromatic rings. The predicted octanol–water partition coefficient (Wildman–Crippen LogP) is 4.34. The zero-order chi connectivity index (χ0) is 15.4. The topological polar surface area (TPSA) is 64.3 Å². The van der Waals surface area contributed by atoms with Gasteiger partial charge >= 0.3 is 0 Å². The lowest BCUT2D eigenvalue weighted by Crippen LogP contribution is -2.12. The highest BCUT2D eigenvalue weighted by atomic mass is 79.9. The molecule has 3 N–H and O–H groups in total. The van der Waals surface area contributed by atoms with Gasteiger partial charge < -0.3 is 15.8 Å². The number of halogens is 2. The Hall–Kier alpha value is -1.72. The van der Waals surface area contributed by atoms with Crippen molar-refractivity contribution in [2.24, 2.45) is 0 Å². The molecule has 0 aliphatic heterocycles. The normalized spacial score (nSPS) is 10.2. The Balaban J connectivity index is 2.18. The molecule has 1 amide bonds. The van der Waals surface area contributed by atoms with E-state index in [-0.39, 0.29) is 5.91 Å². The second-order valence-corrected chi connectivity index (χ2v) is 5.59. The Kier molecular flexibility index (Phi) is 5.09. The van der Waals surface area contributed by atoms with Crippen molar-refractivity contribution in [1.82, 2.24) is 0 Å². The number of hydrogen-bond acceptors (Lipinski definition) is 3. The fourth-order valence-corrected chi connectivity index (χ4v) is 2.48. The van der Waals surface area contributed by atoms with Crippen molar-refractivity contribution in [3.8, 4) is 5.75 Å². The van der Waals surface area contributed by atoms with Crippen molar-refractivity contribution >= 4 is 44.8 Å². The Morgan fingerprint density at radius 1 is 1.33 bits per heavy atom. The maximum atomic E-state index is 12.2. The van der Waals surface area contributed by atoms with E-state index in [2.05, 4.69) is 21.2 Å². The van der Waals surface area contributed by atoms with Gasteiger partial charge in [-0.2, -0.15) is 0 Å². The predicted molar refractivity (Wildman–Crippen MR) is 89.1 cm³/mol. The summed E-state index contributed by atoms with van der Waals surface area (Å²) in [6.45, 7) is 2.39. The molecule has 21 heavy (non-hydrogen) atoms. The van der Waals surface area contributed by atoms with Gasteiger partial charge in [-0.05, 0) is 43.3 Å². The van der Waals surface area contributed by atoms with E-state index < -0.39 is 0 Å². The zero-order valence-corrected chi connectivity index (χ0v) is 13.7. The van der Waals surface area contributed by atoms with Crippen molar-refractivity contribution in [1.29, 1.82) is 0 Å². The molecule has 0 bridgehead atoms. The first kappa shape index (κ1) is 15.7. The Bertz CT molecular complexity index is 677. The van der Waals surface area contributed by atoms with Crippen LogP contribution in [0.3, 0.4) is 0 Å². The van der Waals surface area contributed by atoms with Gasteiger partial charge in [-0.3, -0.25) is 4.79 Å². The van der Waals surface area contributed by atoms with Gasteiger partial charge in [-0.25, -0.2) is 0 Å². The van der Waals surface area contributed by atoms with E-state index in [0.717, 1.165) is 4.47 Å². The molecule has 2 rings (SSSR count). The molecule has 0 radical (unpaired) electrons. The quantitative estimate of drug-likeness (QED) is 0.788. The smallest absolute Gasteiger partial charge is 0.255 e. The Morgan fingerprint density at radius 3 is 2.71 bits per heavy atom. The molecule has 0 aliphatic rings. The number of nitrogens with one attached hydrogen (secondary N) is 1. The molecule has 0 aromatic heterocycles. The van der Waals surface area contributed by atoms with Gasteiger partial charge in [0.15, 0.2) is 0 Å². The summed E-state index contributed by atoms with van der Waals surface area (Å²) in [5.74, 6) is 0.282. The summed E-state index contributed by atoms with van der Waals surface area (Å²) in [5.41, 5.74) is 7.25. The first-order valence-corrected chi connectivity index (χ1v) is 7.47. The lowest BCUT2D eigenvalue weighted by atomic mass is 10.1. The number of carbonyl (C=O) groups excluding carboxylic acids is 1. The van der Waals surface area contributed by atoms with E-state index in [0.29, 0.717) is 34.3 Å². The molecule has 0 fully saturated rings. The summed E-state index contributed by atoms with van der Waals surface area (Å²) in [7, 11) is 0. The van der Waals surface area contributed by atoms with Gasteiger partial charge in [0.1, 0.15) is 5.75 Å². The monoisotopic (exact) mass is 368 g/mol. The van der Waals surface area contributed by atoms with Gasteiger partial charge in [-0.15, -0.1) is 0 Å². The van der Waals surface area contributed by atoms with Crippen molar-refractivity contribution in [2.45, 2.75) is 6.92 Å². The van der Waals surface area contributed by atoms with Gasteiger partial charge in [0.25, 0.3) is 5.91 Å². The summed E-state index contributed by atoms with van der Waals surface area (Å²) in [4.78, 5) is 12.2. The van der Waals surface area contributed by atoms with E-state index in [1.54, 1.807) is 36.4 Å². The maximum absolute atomic E-state index is 12.2. The van der Waals surface area contributed by atoms with Crippen LogP contribution in [-0.4, -0.2) is 12.5 Å². The zero-order valence-electron chi connectivity index (χ0n) is 11.3. The van der Waals surface area contributed by atoms with Crippen molar-refractivity contribution in [2.75, 3.05) is 17.7 Å². The average molecular weight is 370 g/mol. The molecule has 0 heterocycles. The standard InChI is InChI=1S/C15H14BrClN2O2/c1-2-21-14-6-3-9(7-12(14)18)15(20)19-13-5-4-10(16)8-11(13)17/h3-8H,2,18H2,1H3,(H,19,20). The van der Waals surface area contributed by atoms with E-state index >= 15 is 0 Å². The van der Waals surface area contributed by atoms with E-state index in [1.807, 2.05) is 6.92 Å². The van der Waals surface area contributed by atoms with Crippen LogP contribution in [0.1, 0.15) is 17.3 Å². The fourth-order valence-electron chi connectivity index (χ4n) is 1.76. The lowest BCUT2D eigenvalue weighted by Gasteiger charge is -2.10. The van der Waals surface area contributed by atoms with Crippen LogP contribution in [0.2, 0.25) is 5.02 Å². The SMILES string of the molecule is CCOc1ccc(C(=O)Nc2ccc(Br)cc2Cl)cc1N. The van der Waals surface area contributed by atoms with Crippen LogP contribution < -0.4 is 15.8 Å². The molecule has 0 saturated heterocycles. The lowest BCUT2D eigenvalue weighted by molar-refractivity contribution is 0.102. The van der Waals surface area contributed by atoms with Crippen molar-refractivity contribution < 1.29 is 9.53 Å². The number of hydrogen-bond donors (Lipinski definition) is 2. The minimum Gasteiger partial charge on any atom is -0.492 e. The third-order valence-corrected chi connectivity index (χ3v) is 3.56. The Labute approximate surface area is 136 Å². The van der Waals surface area contributed by atoms with Gasteiger partial charge in [0, 0.05) is 10.0 Å². The number of carbonyl (C=O) groups is 1. The van der Waals surface area contributed by atoms with Crippen molar-refractivity contribution in [3.05, 3.63) is 51.5 Å². The van der Waals surface area contributed by atoms with Crippen LogP contribution >= 0.6 is 27.5 Å². The van der Waals surface area contributed by atoms with Crippen molar-refractivity contribution in [3.63, 3.8) is 0 Å². The van der Waals surface area contributed by atoms with Crippen LogP contribution in [0.25, 0.3) is 0 Å². The highest BCUT2D eigenvalue weighted by Gasteiger charge is 2.11. The molecule has 4 nitrogen and oxygen atoms in total. The number of rotatable bonds is 4. The van der Waals surface area contributed by atoms with Crippen LogP contribution in [-0.2, 0) is 0 Å². The molecular formula is C15H14BrClN2O2. The number of amides is 1. The molecule has 0 unspecified atom stereocenters. The van der Waals surface area contributed by atoms with Crippen LogP contribution in [0.15, 0.2) is 40.9 Å². The first-order chi connectivity index (χ1) is 10.0. The Morgan fingerprint density at radius 2 is 2.10 bits per heavy atom. The maximum Gasteiger partial charge on any atom is 0.255 e. The third-order valence-electron chi connectivity index (χ3n) is 2.75. The molecule has 0 spiro atoms. The van der Waals surface area contributed by atoms with Gasteiger partial charge in [-0.1, -0.05) is 27.5 Å². The number of ether oxygens (including phenoxy) is 1. The van der Waals surface area contributed by atoms with Gasteiger partial charge in [0.2, 0.25) is 0 Å². The highest BCUT2D eigenvalue weighted by Crippen LogP contribution is 2.27. The molecule has 2 aromatic carbocycles.